The number of aromatic nitrogens is 2. The number of nitrogens with zero attached hydrogens (tertiary/aromatic N) is 3. The summed E-state index contributed by atoms with van der Waals surface area (Å²) < 4.78 is 1.87. The lowest BCUT2D eigenvalue weighted by molar-refractivity contribution is -0.116. The Kier molecular flexibility index (Phi) is 5.20. The van der Waals surface area contributed by atoms with E-state index in [-0.39, 0.29) is 12.5 Å². The van der Waals surface area contributed by atoms with Crippen LogP contribution in [0.1, 0.15) is 32.9 Å². The van der Waals surface area contributed by atoms with Crippen molar-refractivity contribution in [3.05, 3.63) is 5.69 Å². The van der Waals surface area contributed by atoms with Crippen molar-refractivity contribution in [3.63, 3.8) is 0 Å². The molecular weight excluding hydrogens is 242 g/mol. The highest BCUT2D eigenvalue weighted by molar-refractivity contribution is 5.81. The zero-order valence-corrected chi connectivity index (χ0v) is 12.3. The van der Waals surface area contributed by atoms with Crippen LogP contribution in [-0.4, -0.2) is 28.8 Å². The molecule has 0 saturated heterocycles. The first kappa shape index (κ1) is 15.3. The highest BCUT2D eigenvalue weighted by atomic mass is 16.1. The molecule has 0 spiro atoms. The van der Waals surface area contributed by atoms with Crippen LogP contribution in [0.2, 0.25) is 0 Å². The summed E-state index contributed by atoms with van der Waals surface area (Å²) in [5.41, 5.74) is 12.9. The van der Waals surface area contributed by atoms with Crippen LogP contribution >= 0.6 is 0 Å². The number of anilines is 2. The summed E-state index contributed by atoms with van der Waals surface area (Å²) in [6, 6.07) is 0. The smallest absolute Gasteiger partial charge is 0.236 e. The monoisotopic (exact) mass is 267 g/mol. The van der Waals surface area contributed by atoms with Crippen LogP contribution < -0.4 is 16.4 Å². The highest BCUT2D eigenvalue weighted by Gasteiger charge is 2.21. The molecule has 1 amide bonds. The Morgan fingerprint density at radius 1 is 1.47 bits per heavy atom. The van der Waals surface area contributed by atoms with Crippen molar-refractivity contribution in [2.24, 2.45) is 11.7 Å². The van der Waals surface area contributed by atoms with Crippen LogP contribution in [0.15, 0.2) is 0 Å². The van der Waals surface area contributed by atoms with Gasteiger partial charge in [-0.25, -0.2) is 4.68 Å². The molecule has 0 aliphatic heterocycles. The summed E-state index contributed by atoms with van der Waals surface area (Å²) in [6.07, 6.45) is 0.958. The molecule has 4 N–H and O–H groups in total. The summed E-state index contributed by atoms with van der Waals surface area (Å²) in [4.78, 5) is 13.2. The fourth-order valence-electron chi connectivity index (χ4n) is 2.14. The number of primary amides is 1. The van der Waals surface area contributed by atoms with E-state index in [1.807, 2.05) is 16.5 Å². The first-order valence-corrected chi connectivity index (χ1v) is 6.72. The molecule has 0 aliphatic rings. The number of hydrogen-bond acceptors (Lipinski definition) is 4. The van der Waals surface area contributed by atoms with E-state index in [0.717, 1.165) is 31.0 Å². The number of hydrogen-bond donors (Lipinski definition) is 2. The predicted octanol–water partition coefficient (Wildman–Crippen LogP) is 1.13. The molecule has 0 radical (unpaired) electrons. The lowest BCUT2D eigenvalue weighted by Gasteiger charge is -2.26. The highest BCUT2D eigenvalue weighted by Crippen LogP contribution is 2.27. The number of carbonyl (C=O) groups is 1. The third kappa shape index (κ3) is 3.87. The summed E-state index contributed by atoms with van der Waals surface area (Å²) in [5.74, 6) is 0.859. The van der Waals surface area contributed by atoms with Crippen LogP contribution in [0.5, 0.6) is 0 Å². The largest absolute Gasteiger partial charge is 0.394 e. The van der Waals surface area contributed by atoms with Gasteiger partial charge in [0.05, 0.1) is 17.9 Å². The van der Waals surface area contributed by atoms with E-state index in [1.54, 1.807) is 0 Å². The first-order valence-electron chi connectivity index (χ1n) is 6.72. The third-order valence-electron chi connectivity index (χ3n) is 2.81. The van der Waals surface area contributed by atoms with Gasteiger partial charge in [0, 0.05) is 13.1 Å². The minimum Gasteiger partial charge on any atom is -0.394 e. The Morgan fingerprint density at radius 3 is 2.58 bits per heavy atom. The number of nitrogen functional groups attached to an aromatic ring is 1. The predicted molar refractivity (Wildman–Crippen MR) is 77.9 cm³/mol. The second kappa shape index (κ2) is 6.45. The Labute approximate surface area is 114 Å². The fraction of sp³-hybridized carbons (Fsp3) is 0.692. The van der Waals surface area contributed by atoms with Crippen LogP contribution in [0, 0.1) is 12.8 Å². The quantitative estimate of drug-likeness (QED) is 0.775. The molecule has 19 heavy (non-hydrogen) atoms. The van der Waals surface area contributed by atoms with Gasteiger partial charge in [-0.15, -0.1) is 0 Å². The van der Waals surface area contributed by atoms with Crippen molar-refractivity contribution in [1.29, 1.82) is 0 Å². The molecule has 1 heterocycles. The molecule has 1 rings (SSSR count). The maximum Gasteiger partial charge on any atom is 0.236 e. The van der Waals surface area contributed by atoms with E-state index in [0.29, 0.717) is 11.6 Å². The molecule has 108 valence electrons. The second-order valence-electron chi connectivity index (χ2n) is 5.29. The molecule has 0 atom stereocenters. The molecule has 0 fully saturated rings. The SMILES string of the molecule is CCCn1nc(C)c(N)c1N(CC(N)=O)CC(C)C. The average Bonchev–Trinajstić information content (AvgIpc) is 2.53. The minimum absolute atomic E-state index is 0.164. The van der Waals surface area contributed by atoms with E-state index >= 15 is 0 Å². The molecule has 0 saturated carbocycles. The second-order valence-corrected chi connectivity index (χ2v) is 5.29. The van der Waals surface area contributed by atoms with Gasteiger partial charge in [-0.3, -0.25) is 4.79 Å². The summed E-state index contributed by atoms with van der Waals surface area (Å²) in [6.45, 7) is 9.82. The normalized spacial score (nSPS) is 11.0. The minimum atomic E-state index is -0.359. The van der Waals surface area contributed by atoms with E-state index in [2.05, 4.69) is 25.9 Å². The van der Waals surface area contributed by atoms with Crippen molar-refractivity contribution < 1.29 is 4.79 Å². The molecule has 0 aromatic carbocycles. The van der Waals surface area contributed by atoms with Gasteiger partial charge in [-0.1, -0.05) is 20.8 Å². The molecule has 6 heteroatoms. The maximum absolute atomic E-state index is 11.3. The number of rotatable bonds is 7. The number of aryl methyl sites for hydroxylation is 2. The van der Waals surface area contributed by atoms with Crippen LogP contribution in [0.4, 0.5) is 11.5 Å². The van der Waals surface area contributed by atoms with Gasteiger partial charge in [0.25, 0.3) is 0 Å². The number of nitrogens with two attached hydrogens (primary N) is 2. The van der Waals surface area contributed by atoms with Gasteiger partial charge in [0.15, 0.2) is 5.82 Å². The van der Waals surface area contributed by atoms with Gasteiger partial charge in [-0.05, 0) is 19.3 Å². The van der Waals surface area contributed by atoms with Crippen molar-refractivity contribution in [2.45, 2.75) is 40.7 Å². The lowest BCUT2D eigenvalue weighted by atomic mass is 10.2. The Morgan fingerprint density at radius 2 is 2.11 bits per heavy atom. The lowest BCUT2D eigenvalue weighted by Crippen LogP contribution is -2.38. The number of carbonyl (C=O) groups excluding carboxylic acids is 1. The van der Waals surface area contributed by atoms with Gasteiger partial charge >= 0.3 is 0 Å². The topological polar surface area (TPSA) is 90.2 Å². The van der Waals surface area contributed by atoms with E-state index in [1.165, 1.54) is 0 Å². The Bertz CT molecular complexity index is 438. The molecule has 6 nitrogen and oxygen atoms in total. The standard InChI is InChI=1S/C13H25N5O/c1-5-6-18-13(12(15)10(4)16-18)17(7-9(2)3)8-11(14)19/h9H,5-8,15H2,1-4H3,(H2,14,19). The van der Waals surface area contributed by atoms with Gasteiger partial charge in [0.1, 0.15) is 0 Å². The molecule has 1 aromatic rings. The van der Waals surface area contributed by atoms with Gasteiger partial charge in [-0.2, -0.15) is 5.10 Å². The Balaban J connectivity index is 3.15. The van der Waals surface area contributed by atoms with Crippen molar-refractivity contribution in [3.8, 4) is 0 Å². The van der Waals surface area contributed by atoms with Gasteiger partial charge in [0.2, 0.25) is 5.91 Å². The maximum atomic E-state index is 11.3. The van der Waals surface area contributed by atoms with Crippen molar-refractivity contribution in [2.75, 3.05) is 23.7 Å². The van der Waals surface area contributed by atoms with E-state index < -0.39 is 0 Å². The summed E-state index contributed by atoms with van der Waals surface area (Å²) >= 11 is 0. The van der Waals surface area contributed by atoms with Crippen molar-refractivity contribution >= 4 is 17.4 Å². The molecule has 0 bridgehead atoms. The summed E-state index contributed by atoms with van der Waals surface area (Å²) in [7, 11) is 0. The van der Waals surface area contributed by atoms with E-state index in [9.17, 15) is 4.79 Å². The van der Waals surface area contributed by atoms with Crippen LogP contribution in [0.3, 0.4) is 0 Å². The van der Waals surface area contributed by atoms with E-state index in [4.69, 9.17) is 11.5 Å². The fourth-order valence-corrected chi connectivity index (χ4v) is 2.14. The van der Waals surface area contributed by atoms with Gasteiger partial charge < -0.3 is 16.4 Å². The van der Waals surface area contributed by atoms with Crippen LogP contribution in [-0.2, 0) is 11.3 Å². The van der Waals surface area contributed by atoms with Crippen molar-refractivity contribution in [1.82, 2.24) is 9.78 Å². The first-order chi connectivity index (χ1) is 8.86. The van der Waals surface area contributed by atoms with Crippen LogP contribution in [0.25, 0.3) is 0 Å². The third-order valence-corrected chi connectivity index (χ3v) is 2.81. The zero-order valence-electron chi connectivity index (χ0n) is 12.3. The Hall–Kier alpha value is -1.72. The average molecular weight is 267 g/mol. The molecular formula is C13H25N5O. The molecule has 0 aliphatic carbocycles. The summed E-state index contributed by atoms with van der Waals surface area (Å²) in [5, 5.41) is 4.43. The zero-order chi connectivity index (χ0) is 14.6. The number of amides is 1. The molecule has 0 unspecified atom stereocenters. The molecule has 1 aromatic heterocycles.